The van der Waals surface area contributed by atoms with E-state index in [4.69, 9.17) is 16.3 Å². The molecule has 1 aromatic heterocycles. The number of hydrogen-bond acceptors (Lipinski definition) is 4. The van der Waals surface area contributed by atoms with Gasteiger partial charge in [0, 0.05) is 25.4 Å². The molecule has 1 aromatic rings. The monoisotopic (exact) mass is 257 g/mol. The molecular formula is C12H20ClN3O. The van der Waals surface area contributed by atoms with Crippen LogP contribution in [0.4, 0.5) is 5.82 Å². The molecule has 0 bridgehead atoms. The third-order valence-electron chi connectivity index (χ3n) is 2.34. The minimum absolute atomic E-state index is 0.0458. The highest BCUT2D eigenvalue weighted by atomic mass is 35.5. The average Bonchev–Trinajstić information content (AvgIpc) is 2.30. The molecule has 0 radical (unpaired) electrons. The molecule has 4 nitrogen and oxygen atoms in total. The van der Waals surface area contributed by atoms with Crippen LogP contribution in [0.3, 0.4) is 0 Å². The van der Waals surface area contributed by atoms with Crippen molar-refractivity contribution in [2.24, 2.45) is 0 Å². The molecule has 0 aliphatic heterocycles. The van der Waals surface area contributed by atoms with Crippen LogP contribution in [-0.4, -0.2) is 35.6 Å². The molecule has 1 heterocycles. The smallest absolute Gasteiger partial charge is 0.129 e. The Hall–Kier alpha value is -0.870. The molecule has 0 aliphatic rings. The highest BCUT2D eigenvalue weighted by Gasteiger charge is 2.03. The highest BCUT2D eigenvalue weighted by molar-refractivity contribution is 6.20. The molecule has 1 N–H and O–H groups in total. The maximum atomic E-state index is 6.03. The first-order valence-electron chi connectivity index (χ1n) is 5.94. The standard InChI is InChI=1S/C12H20ClN3O/c1-3-4-11-7-12(16-9-15-11)14-6-5-10(13)8-17-2/h7,9-10H,3-6,8H2,1-2H3,(H,14,15,16). The van der Waals surface area contributed by atoms with E-state index in [1.807, 2.05) is 6.07 Å². The zero-order valence-electron chi connectivity index (χ0n) is 10.4. The van der Waals surface area contributed by atoms with Gasteiger partial charge in [0.25, 0.3) is 0 Å². The minimum atomic E-state index is 0.0458. The van der Waals surface area contributed by atoms with Crippen molar-refractivity contribution in [3.63, 3.8) is 0 Å². The van der Waals surface area contributed by atoms with E-state index in [0.29, 0.717) is 6.61 Å². The molecule has 0 saturated heterocycles. The second kappa shape index (κ2) is 8.25. The van der Waals surface area contributed by atoms with E-state index in [1.54, 1.807) is 13.4 Å². The minimum Gasteiger partial charge on any atom is -0.383 e. The number of alkyl halides is 1. The largest absolute Gasteiger partial charge is 0.383 e. The average molecular weight is 258 g/mol. The Balaban J connectivity index is 2.33. The van der Waals surface area contributed by atoms with Gasteiger partial charge in [0.15, 0.2) is 0 Å². The quantitative estimate of drug-likeness (QED) is 0.727. The second-order valence-corrected chi connectivity index (χ2v) is 4.53. The summed E-state index contributed by atoms with van der Waals surface area (Å²) in [7, 11) is 1.66. The van der Waals surface area contributed by atoms with Crippen LogP contribution in [-0.2, 0) is 11.2 Å². The van der Waals surface area contributed by atoms with Gasteiger partial charge in [-0.05, 0) is 12.8 Å². The number of methoxy groups -OCH3 is 1. The lowest BCUT2D eigenvalue weighted by Crippen LogP contribution is -2.14. The van der Waals surface area contributed by atoms with Crippen molar-refractivity contribution in [3.05, 3.63) is 18.1 Å². The molecule has 0 spiro atoms. The fourth-order valence-corrected chi connectivity index (χ4v) is 1.74. The van der Waals surface area contributed by atoms with Crippen LogP contribution in [0, 0.1) is 0 Å². The van der Waals surface area contributed by atoms with Crippen LogP contribution in [0.15, 0.2) is 12.4 Å². The highest BCUT2D eigenvalue weighted by Crippen LogP contribution is 2.07. The van der Waals surface area contributed by atoms with Crippen molar-refractivity contribution in [2.45, 2.75) is 31.6 Å². The summed E-state index contributed by atoms with van der Waals surface area (Å²) in [6.07, 6.45) is 4.52. The Labute approximate surface area is 108 Å². The van der Waals surface area contributed by atoms with E-state index in [2.05, 4.69) is 22.2 Å². The summed E-state index contributed by atoms with van der Waals surface area (Å²) in [4.78, 5) is 8.37. The lowest BCUT2D eigenvalue weighted by Gasteiger charge is -2.09. The third-order valence-corrected chi connectivity index (χ3v) is 2.69. The van der Waals surface area contributed by atoms with Crippen LogP contribution < -0.4 is 5.32 Å². The Morgan fingerprint density at radius 1 is 1.47 bits per heavy atom. The SMILES string of the molecule is CCCc1cc(NCCC(Cl)COC)ncn1. The Morgan fingerprint density at radius 3 is 3.00 bits per heavy atom. The molecule has 17 heavy (non-hydrogen) atoms. The molecular weight excluding hydrogens is 238 g/mol. The predicted octanol–water partition coefficient (Wildman–Crippen LogP) is 2.48. The van der Waals surface area contributed by atoms with E-state index >= 15 is 0 Å². The van der Waals surface area contributed by atoms with Crippen molar-refractivity contribution in [2.75, 3.05) is 25.6 Å². The number of aromatic nitrogens is 2. The lowest BCUT2D eigenvalue weighted by molar-refractivity contribution is 0.196. The molecule has 5 heteroatoms. The molecule has 0 aliphatic carbocycles. The van der Waals surface area contributed by atoms with Crippen molar-refractivity contribution in [3.8, 4) is 0 Å². The molecule has 1 rings (SSSR count). The van der Waals surface area contributed by atoms with Gasteiger partial charge in [-0.1, -0.05) is 13.3 Å². The van der Waals surface area contributed by atoms with Gasteiger partial charge in [-0.15, -0.1) is 11.6 Å². The van der Waals surface area contributed by atoms with Crippen LogP contribution >= 0.6 is 11.6 Å². The summed E-state index contributed by atoms with van der Waals surface area (Å²) in [5, 5.41) is 3.29. The van der Waals surface area contributed by atoms with E-state index < -0.39 is 0 Å². The fraction of sp³-hybridized carbons (Fsp3) is 0.667. The van der Waals surface area contributed by atoms with Gasteiger partial charge in [0.1, 0.15) is 12.1 Å². The van der Waals surface area contributed by atoms with Crippen LogP contribution in [0.25, 0.3) is 0 Å². The zero-order chi connectivity index (χ0) is 12.5. The summed E-state index contributed by atoms with van der Waals surface area (Å²) in [5.41, 5.74) is 1.07. The predicted molar refractivity (Wildman–Crippen MR) is 70.7 cm³/mol. The normalized spacial score (nSPS) is 12.4. The van der Waals surface area contributed by atoms with E-state index in [1.165, 1.54) is 0 Å². The number of halogens is 1. The van der Waals surface area contributed by atoms with E-state index in [9.17, 15) is 0 Å². The second-order valence-electron chi connectivity index (χ2n) is 3.91. The first-order chi connectivity index (χ1) is 8.26. The van der Waals surface area contributed by atoms with Gasteiger partial charge in [-0.3, -0.25) is 0 Å². The van der Waals surface area contributed by atoms with E-state index in [-0.39, 0.29) is 5.38 Å². The van der Waals surface area contributed by atoms with Crippen molar-refractivity contribution < 1.29 is 4.74 Å². The van der Waals surface area contributed by atoms with Gasteiger partial charge in [0.2, 0.25) is 0 Å². The number of anilines is 1. The van der Waals surface area contributed by atoms with Crippen molar-refractivity contribution >= 4 is 17.4 Å². The Kier molecular flexibility index (Phi) is 6.89. The molecule has 1 unspecified atom stereocenters. The maximum absolute atomic E-state index is 6.03. The topological polar surface area (TPSA) is 47.0 Å². The molecule has 0 fully saturated rings. The lowest BCUT2D eigenvalue weighted by atomic mass is 10.2. The van der Waals surface area contributed by atoms with Crippen molar-refractivity contribution in [1.82, 2.24) is 9.97 Å². The summed E-state index contributed by atoms with van der Waals surface area (Å²) < 4.78 is 4.97. The van der Waals surface area contributed by atoms with Gasteiger partial charge in [-0.2, -0.15) is 0 Å². The van der Waals surface area contributed by atoms with Crippen LogP contribution in [0.1, 0.15) is 25.5 Å². The van der Waals surface area contributed by atoms with Gasteiger partial charge in [-0.25, -0.2) is 9.97 Å². The van der Waals surface area contributed by atoms with Crippen LogP contribution in [0.2, 0.25) is 0 Å². The molecule has 0 saturated carbocycles. The maximum Gasteiger partial charge on any atom is 0.129 e. The third kappa shape index (κ3) is 5.84. The Morgan fingerprint density at radius 2 is 2.29 bits per heavy atom. The van der Waals surface area contributed by atoms with Gasteiger partial charge in [0.05, 0.1) is 12.0 Å². The number of ether oxygens (including phenoxy) is 1. The Bertz CT molecular complexity index is 322. The van der Waals surface area contributed by atoms with Gasteiger partial charge < -0.3 is 10.1 Å². The number of nitrogens with one attached hydrogen (secondary N) is 1. The summed E-state index contributed by atoms with van der Waals surface area (Å²) in [6, 6.07) is 1.99. The molecule has 96 valence electrons. The first-order valence-corrected chi connectivity index (χ1v) is 6.37. The zero-order valence-corrected chi connectivity index (χ0v) is 11.2. The number of aryl methyl sites for hydroxylation is 1. The summed E-state index contributed by atoms with van der Waals surface area (Å²) >= 11 is 6.03. The number of nitrogens with zero attached hydrogens (tertiary/aromatic N) is 2. The van der Waals surface area contributed by atoms with Crippen LogP contribution in [0.5, 0.6) is 0 Å². The summed E-state index contributed by atoms with van der Waals surface area (Å²) in [5.74, 6) is 0.865. The fourth-order valence-electron chi connectivity index (χ4n) is 1.51. The van der Waals surface area contributed by atoms with Crippen molar-refractivity contribution in [1.29, 1.82) is 0 Å². The molecule has 0 aromatic carbocycles. The molecule has 0 amide bonds. The van der Waals surface area contributed by atoms with E-state index in [0.717, 1.165) is 37.3 Å². The first kappa shape index (κ1) is 14.2. The van der Waals surface area contributed by atoms with Gasteiger partial charge >= 0.3 is 0 Å². The summed E-state index contributed by atoms with van der Waals surface area (Å²) in [6.45, 7) is 3.51. The number of hydrogen-bond donors (Lipinski definition) is 1. The molecule has 1 atom stereocenters. The number of rotatable bonds is 8.